The predicted molar refractivity (Wildman–Crippen MR) is 102 cm³/mol. The number of halogens is 1. The maximum absolute atomic E-state index is 11.5. The molecule has 0 saturated carbocycles. The molecular weight excluding hydrogens is 336 g/mol. The average molecular weight is 361 g/mol. The number of aliphatic carboxylic acids is 1. The van der Waals surface area contributed by atoms with Crippen molar-refractivity contribution < 1.29 is 14.6 Å². The molecule has 0 spiro atoms. The Hall–Kier alpha value is -2.00. The van der Waals surface area contributed by atoms with E-state index in [1.54, 1.807) is 0 Å². The summed E-state index contributed by atoms with van der Waals surface area (Å²) in [5.41, 5.74) is 2.39. The Labute approximate surface area is 154 Å². The lowest BCUT2D eigenvalue weighted by Crippen LogP contribution is -2.27. The zero-order valence-corrected chi connectivity index (χ0v) is 15.7. The van der Waals surface area contributed by atoms with E-state index in [2.05, 4.69) is 20.8 Å². The van der Waals surface area contributed by atoms with Crippen LogP contribution in [0.25, 0.3) is 0 Å². The Bertz CT molecular complexity index is 685. The van der Waals surface area contributed by atoms with E-state index in [9.17, 15) is 9.90 Å². The number of rotatable bonds is 7. The van der Waals surface area contributed by atoms with Gasteiger partial charge in [-0.05, 0) is 60.1 Å². The van der Waals surface area contributed by atoms with Crippen LogP contribution in [0.15, 0.2) is 48.5 Å². The molecule has 25 heavy (non-hydrogen) atoms. The second kappa shape index (κ2) is 8.39. The van der Waals surface area contributed by atoms with Crippen LogP contribution in [0.4, 0.5) is 0 Å². The fourth-order valence-corrected chi connectivity index (χ4v) is 2.70. The smallest absolute Gasteiger partial charge is 0.344 e. The molecule has 1 unspecified atom stereocenters. The van der Waals surface area contributed by atoms with Gasteiger partial charge in [0.15, 0.2) is 6.10 Å². The SMILES string of the molecule is CC(C)(C)c1ccc(OC(CCCc2ccc(Cl)cc2)C(=O)O)cc1. The molecule has 0 aliphatic heterocycles. The van der Waals surface area contributed by atoms with Gasteiger partial charge >= 0.3 is 5.97 Å². The second-order valence-corrected chi connectivity index (χ2v) is 7.67. The second-order valence-electron chi connectivity index (χ2n) is 7.24. The molecule has 0 radical (unpaired) electrons. The van der Waals surface area contributed by atoms with E-state index in [1.165, 1.54) is 5.56 Å². The Kier molecular flexibility index (Phi) is 6.49. The van der Waals surface area contributed by atoms with Crippen molar-refractivity contribution >= 4 is 17.6 Å². The van der Waals surface area contributed by atoms with Gasteiger partial charge in [-0.25, -0.2) is 4.79 Å². The number of carboxylic acid groups (broad SMARTS) is 1. The first-order chi connectivity index (χ1) is 11.8. The summed E-state index contributed by atoms with van der Waals surface area (Å²) in [6, 6.07) is 15.3. The Balaban J connectivity index is 1.92. The highest BCUT2D eigenvalue weighted by Crippen LogP contribution is 2.25. The molecule has 0 aliphatic rings. The monoisotopic (exact) mass is 360 g/mol. The van der Waals surface area contributed by atoms with Gasteiger partial charge < -0.3 is 9.84 Å². The molecule has 3 nitrogen and oxygen atoms in total. The van der Waals surface area contributed by atoms with Gasteiger partial charge in [-0.1, -0.05) is 56.6 Å². The lowest BCUT2D eigenvalue weighted by atomic mass is 9.87. The molecule has 0 amide bonds. The summed E-state index contributed by atoms with van der Waals surface area (Å²) >= 11 is 5.87. The third-order valence-corrected chi connectivity index (χ3v) is 4.37. The standard InChI is InChI=1S/C21H25ClO3/c1-21(2,3)16-9-13-18(14-10-16)25-19(20(23)24)6-4-5-15-7-11-17(22)12-8-15/h7-14,19H,4-6H2,1-3H3,(H,23,24). The number of ether oxygens (including phenoxy) is 1. The molecule has 0 heterocycles. The van der Waals surface area contributed by atoms with Gasteiger partial charge in [0.1, 0.15) is 5.75 Å². The number of aryl methyl sites for hydroxylation is 1. The van der Waals surface area contributed by atoms with Crippen LogP contribution in [0.5, 0.6) is 5.75 Å². The van der Waals surface area contributed by atoms with Gasteiger partial charge in [0.2, 0.25) is 0 Å². The summed E-state index contributed by atoms with van der Waals surface area (Å²) in [4.78, 5) is 11.5. The summed E-state index contributed by atoms with van der Waals surface area (Å²) in [5.74, 6) is -0.345. The molecule has 2 aromatic rings. The molecule has 134 valence electrons. The third-order valence-electron chi connectivity index (χ3n) is 4.12. The van der Waals surface area contributed by atoms with Gasteiger partial charge in [-0.15, -0.1) is 0 Å². The molecule has 2 aromatic carbocycles. The van der Waals surface area contributed by atoms with Crippen LogP contribution in [-0.4, -0.2) is 17.2 Å². The Morgan fingerprint density at radius 2 is 1.68 bits per heavy atom. The van der Waals surface area contributed by atoms with Gasteiger partial charge in [0.05, 0.1) is 0 Å². The van der Waals surface area contributed by atoms with Gasteiger partial charge in [0.25, 0.3) is 0 Å². The van der Waals surface area contributed by atoms with Gasteiger partial charge in [-0.2, -0.15) is 0 Å². The van der Waals surface area contributed by atoms with Crippen molar-refractivity contribution in [2.45, 2.75) is 51.6 Å². The predicted octanol–water partition coefficient (Wildman–Crippen LogP) is 5.49. The molecule has 0 aliphatic carbocycles. The molecule has 0 bridgehead atoms. The minimum absolute atomic E-state index is 0.0588. The van der Waals surface area contributed by atoms with E-state index >= 15 is 0 Å². The van der Waals surface area contributed by atoms with Crippen molar-refractivity contribution in [1.29, 1.82) is 0 Å². The van der Waals surface area contributed by atoms with Crippen LogP contribution in [0.3, 0.4) is 0 Å². The molecule has 0 saturated heterocycles. The first kappa shape index (κ1) is 19.3. The summed E-state index contributed by atoms with van der Waals surface area (Å²) in [5, 5.41) is 10.1. The molecule has 0 aromatic heterocycles. The highest BCUT2D eigenvalue weighted by Gasteiger charge is 2.20. The van der Waals surface area contributed by atoms with Crippen LogP contribution in [0.1, 0.15) is 44.7 Å². The van der Waals surface area contributed by atoms with Crippen molar-refractivity contribution in [2.75, 3.05) is 0 Å². The molecule has 1 N–H and O–H groups in total. The van der Waals surface area contributed by atoms with Crippen LogP contribution in [0, 0.1) is 0 Å². The minimum Gasteiger partial charge on any atom is -0.479 e. The first-order valence-electron chi connectivity index (χ1n) is 8.50. The lowest BCUT2D eigenvalue weighted by Gasteiger charge is -2.20. The molecular formula is C21H25ClO3. The average Bonchev–Trinajstić information content (AvgIpc) is 2.55. The van der Waals surface area contributed by atoms with E-state index in [0.717, 1.165) is 18.4 Å². The highest BCUT2D eigenvalue weighted by molar-refractivity contribution is 6.30. The van der Waals surface area contributed by atoms with E-state index in [-0.39, 0.29) is 5.41 Å². The molecule has 1 atom stereocenters. The molecule has 0 fully saturated rings. The van der Waals surface area contributed by atoms with E-state index in [4.69, 9.17) is 16.3 Å². The summed E-state index contributed by atoms with van der Waals surface area (Å²) in [6.45, 7) is 6.42. The fraction of sp³-hybridized carbons (Fsp3) is 0.381. The van der Waals surface area contributed by atoms with Gasteiger partial charge in [0, 0.05) is 5.02 Å². The molecule has 4 heteroatoms. The number of hydrogen-bond acceptors (Lipinski definition) is 2. The zero-order chi connectivity index (χ0) is 18.4. The van der Waals surface area contributed by atoms with Crippen LogP contribution >= 0.6 is 11.6 Å². The van der Waals surface area contributed by atoms with Crippen molar-refractivity contribution in [3.63, 3.8) is 0 Å². The summed E-state index contributed by atoms with van der Waals surface area (Å²) < 4.78 is 5.68. The molecule has 2 rings (SSSR count). The first-order valence-corrected chi connectivity index (χ1v) is 8.88. The normalized spacial score (nSPS) is 12.6. The number of carboxylic acids is 1. The Morgan fingerprint density at radius 3 is 2.20 bits per heavy atom. The van der Waals surface area contributed by atoms with Crippen molar-refractivity contribution in [2.24, 2.45) is 0 Å². The van der Waals surface area contributed by atoms with Crippen molar-refractivity contribution in [3.05, 3.63) is 64.7 Å². The zero-order valence-electron chi connectivity index (χ0n) is 15.0. The number of hydrogen-bond donors (Lipinski definition) is 1. The highest BCUT2D eigenvalue weighted by atomic mass is 35.5. The van der Waals surface area contributed by atoms with Crippen molar-refractivity contribution in [3.8, 4) is 5.75 Å². The van der Waals surface area contributed by atoms with E-state index in [0.29, 0.717) is 17.2 Å². The largest absolute Gasteiger partial charge is 0.479 e. The van der Waals surface area contributed by atoms with Crippen LogP contribution < -0.4 is 4.74 Å². The quantitative estimate of drug-likeness (QED) is 0.709. The topological polar surface area (TPSA) is 46.5 Å². The van der Waals surface area contributed by atoms with Crippen molar-refractivity contribution in [1.82, 2.24) is 0 Å². The fourth-order valence-electron chi connectivity index (χ4n) is 2.57. The number of benzene rings is 2. The maximum atomic E-state index is 11.5. The maximum Gasteiger partial charge on any atom is 0.344 e. The van der Waals surface area contributed by atoms with E-state index < -0.39 is 12.1 Å². The minimum atomic E-state index is -0.934. The summed E-state index contributed by atoms with van der Waals surface area (Å²) in [7, 11) is 0. The summed E-state index contributed by atoms with van der Waals surface area (Å²) in [6.07, 6.45) is 1.15. The lowest BCUT2D eigenvalue weighted by molar-refractivity contribution is -0.145. The number of carbonyl (C=O) groups is 1. The van der Waals surface area contributed by atoms with Crippen LogP contribution in [-0.2, 0) is 16.6 Å². The van der Waals surface area contributed by atoms with E-state index in [1.807, 2.05) is 48.5 Å². The van der Waals surface area contributed by atoms with Gasteiger partial charge in [-0.3, -0.25) is 0 Å². The van der Waals surface area contributed by atoms with Crippen LogP contribution in [0.2, 0.25) is 5.02 Å². The Morgan fingerprint density at radius 1 is 1.08 bits per heavy atom. The third kappa shape index (κ3) is 6.09.